The molecule has 0 aliphatic rings. The molecule has 0 heterocycles. The molecule has 1 aromatic carbocycles. The van der Waals surface area contributed by atoms with E-state index in [1.54, 1.807) is 20.4 Å². The molecule has 0 unspecified atom stereocenters. The van der Waals surface area contributed by atoms with Crippen molar-refractivity contribution in [3.8, 4) is 0 Å². The fourth-order valence-corrected chi connectivity index (χ4v) is 3.88. The van der Waals surface area contributed by atoms with E-state index in [0.717, 1.165) is 23.2 Å². The van der Waals surface area contributed by atoms with Crippen molar-refractivity contribution in [1.82, 2.24) is 10.3 Å². The molecule has 0 spiro atoms. The van der Waals surface area contributed by atoms with Crippen molar-refractivity contribution in [3.05, 3.63) is 41.2 Å². The van der Waals surface area contributed by atoms with Gasteiger partial charge in [-0.15, -0.1) is 0 Å². The lowest BCUT2D eigenvalue weighted by atomic mass is 10.0. The molecule has 0 fully saturated rings. The van der Waals surface area contributed by atoms with Crippen LogP contribution in [0, 0.1) is 0 Å². The molecule has 0 saturated carbocycles. The fourth-order valence-electron chi connectivity index (χ4n) is 3.88. The Morgan fingerprint density at radius 1 is 0.745 bits per heavy atom. The van der Waals surface area contributed by atoms with Gasteiger partial charge in [0.05, 0.1) is 131 Å². The van der Waals surface area contributed by atoms with E-state index in [-0.39, 0.29) is 19.1 Å². The van der Waals surface area contributed by atoms with Gasteiger partial charge >= 0.3 is 0 Å². The van der Waals surface area contributed by atoms with E-state index in [1.165, 1.54) is 5.01 Å². The Balaban J connectivity index is 1.95. The second-order valence-electron chi connectivity index (χ2n) is 10.1. The first kappa shape index (κ1) is 42.6. The predicted molar refractivity (Wildman–Crippen MR) is 179 cm³/mol. The number of nitrogens with zero attached hydrogens (tertiary/aromatic N) is 1. The van der Waals surface area contributed by atoms with Gasteiger partial charge in [-0.25, -0.2) is 5.84 Å². The molecule has 15 nitrogen and oxygen atoms in total. The number of hydrogen-bond donors (Lipinski definition) is 4. The SMILES string of the molecule is CCc1ccc(NC(=O)CNC)cc1COC/C(N)=C/N(N)CCOCCOCCOCCOCCOCCOCCOCCOC. The topological polar surface area (TPSA) is 179 Å². The Morgan fingerprint density at radius 3 is 1.70 bits per heavy atom. The molecule has 15 heteroatoms. The van der Waals surface area contributed by atoms with Crippen molar-refractivity contribution < 1.29 is 47.4 Å². The molecule has 6 N–H and O–H groups in total. The predicted octanol–water partition coefficient (Wildman–Crippen LogP) is 0.662. The highest BCUT2D eigenvalue weighted by Crippen LogP contribution is 2.18. The van der Waals surface area contributed by atoms with Gasteiger partial charge in [-0.3, -0.25) is 4.79 Å². The number of nitrogens with one attached hydrogen (secondary N) is 2. The van der Waals surface area contributed by atoms with E-state index in [0.29, 0.717) is 118 Å². The number of anilines is 1. The van der Waals surface area contributed by atoms with Crippen LogP contribution in [-0.2, 0) is 60.5 Å². The summed E-state index contributed by atoms with van der Waals surface area (Å²) in [6, 6.07) is 5.81. The van der Waals surface area contributed by atoms with Crippen molar-refractivity contribution >= 4 is 11.6 Å². The minimum absolute atomic E-state index is 0.105. The Hall–Kier alpha value is -2.41. The van der Waals surface area contributed by atoms with Crippen molar-refractivity contribution in [3.63, 3.8) is 0 Å². The third-order valence-corrected chi connectivity index (χ3v) is 6.22. The van der Waals surface area contributed by atoms with Gasteiger partial charge in [0.25, 0.3) is 0 Å². The summed E-state index contributed by atoms with van der Waals surface area (Å²) < 4.78 is 48.9. The second kappa shape index (κ2) is 30.9. The number of benzene rings is 1. The normalized spacial score (nSPS) is 11.7. The van der Waals surface area contributed by atoms with Crippen LogP contribution in [0.3, 0.4) is 0 Å². The molecular formula is C32H59N5O10. The minimum Gasteiger partial charge on any atom is -0.399 e. The van der Waals surface area contributed by atoms with Crippen LogP contribution in [0.5, 0.6) is 0 Å². The van der Waals surface area contributed by atoms with Crippen molar-refractivity contribution in [2.45, 2.75) is 20.0 Å². The van der Waals surface area contributed by atoms with Gasteiger partial charge in [-0.1, -0.05) is 13.0 Å². The highest BCUT2D eigenvalue weighted by atomic mass is 16.6. The third kappa shape index (κ3) is 25.3. The Morgan fingerprint density at radius 2 is 1.23 bits per heavy atom. The molecule has 0 bridgehead atoms. The minimum atomic E-state index is -0.105. The number of nitrogens with two attached hydrogens (primary N) is 2. The van der Waals surface area contributed by atoms with Gasteiger partial charge in [0.1, 0.15) is 0 Å². The van der Waals surface area contributed by atoms with E-state index in [1.807, 2.05) is 18.2 Å². The van der Waals surface area contributed by atoms with Crippen LogP contribution in [0.25, 0.3) is 0 Å². The van der Waals surface area contributed by atoms with Gasteiger partial charge in [-0.05, 0) is 36.7 Å². The summed E-state index contributed by atoms with van der Waals surface area (Å²) in [4.78, 5) is 11.9. The summed E-state index contributed by atoms with van der Waals surface area (Å²) >= 11 is 0. The summed E-state index contributed by atoms with van der Waals surface area (Å²) in [5.41, 5.74) is 9.44. The number of aryl methyl sites for hydroxylation is 1. The first-order valence-electron chi connectivity index (χ1n) is 16.1. The second-order valence-corrected chi connectivity index (χ2v) is 10.1. The third-order valence-electron chi connectivity index (χ3n) is 6.22. The lowest BCUT2D eigenvalue weighted by Gasteiger charge is -2.16. The van der Waals surface area contributed by atoms with Crippen molar-refractivity contribution in [1.29, 1.82) is 0 Å². The maximum atomic E-state index is 11.9. The first-order chi connectivity index (χ1) is 23.0. The number of hydrazine groups is 1. The largest absolute Gasteiger partial charge is 0.399 e. The highest BCUT2D eigenvalue weighted by molar-refractivity contribution is 5.92. The molecule has 272 valence electrons. The van der Waals surface area contributed by atoms with Crippen LogP contribution in [0.15, 0.2) is 30.1 Å². The molecule has 0 aliphatic carbocycles. The number of methoxy groups -OCH3 is 1. The highest BCUT2D eigenvalue weighted by Gasteiger charge is 2.07. The summed E-state index contributed by atoms with van der Waals surface area (Å²) in [5.74, 6) is 5.90. The quantitative estimate of drug-likeness (QED) is 0.0464. The maximum absolute atomic E-state index is 11.9. The first-order valence-corrected chi connectivity index (χ1v) is 16.1. The number of hydrogen-bond acceptors (Lipinski definition) is 14. The molecule has 1 aromatic rings. The van der Waals surface area contributed by atoms with Crippen LogP contribution in [-0.4, -0.2) is 144 Å². The lowest BCUT2D eigenvalue weighted by molar-refractivity contribution is -0.115. The number of carbonyl (C=O) groups is 1. The molecular weight excluding hydrogens is 614 g/mol. The van der Waals surface area contributed by atoms with Crippen LogP contribution < -0.4 is 22.2 Å². The van der Waals surface area contributed by atoms with E-state index in [4.69, 9.17) is 54.2 Å². The van der Waals surface area contributed by atoms with Crippen LogP contribution in [0.1, 0.15) is 18.1 Å². The molecule has 0 radical (unpaired) electrons. The molecule has 0 aromatic heterocycles. The van der Waals surface area contributed by atoms with Crippen LogP contribution in [0.4, 0.5) is 5.69 Å². The van der Waals surface area contributed by atoms with Gasteiger partial charge < -0.3 is 64.0 Å². The zero-order valence-electron chi connectivity index (χ0n) is 28.6. The van der Waals surface area contributed by atoms with Gasteiger partial charge in [-0.2, -0.15) is 0 Å². The van der Waals surface area contributed by atoms with E-state index in [2.05, 4.69) is 17.6 Å². The van der Waals surface area contributed by atoms with Gasteiger partial charge in [0.15, 0.2) is 0 Å². The van der Waals surface area contributed by atoms with Crippen LogP contribution >= 0.6 is 0 Å². The van der Waals surface area contributed by atoms with E-state index >= 15 is 0 Å². The fraction of sp³-hybridized carbons (Fsp3) is 0.719. The molecule has 1 amide bonds. The smallest absolute Gasteiger partial charge is 0.238 e. The number of ether oxygens (including phenoxy) is 9. The number of likely N-dealkylation sites (N-methyl/N-ethyl adjacent to an activating group) is 1. The van der Waals surface area contributed by atoms with Crippen LogP contribution in [0.2, 0.25) is 0 Å². The molecule has 0 saturated heterocycles. The number of carbonyl (C=O) groups excluding carboxylic acids is 1. The number of rotatable bonds is 33. The average Bonchev–Trinajstić information content (AvgIpc) is 3.05. The van der Waals surface area contributed by atoms with E-state index in [9.17, 15) is 4.79 Å². The Bertz CT molecular complexity index is 928. The summed E-state index contributed by atoms with van der Waals surface area (Å²) in [6.45, 7) is 10.9. The van der Waals surface area contributed by atoms with Gasteiger partial charge in [0.2, 0.25) is 5.91 Å². The zero-order chi connectivity index (χ0) is 34.2. The van der Waals surface area contributed by atoms with E-state index < -0.39 is 0 Å². The van der Waals surface area contributed by atoms with Crippen molar-refractivity contribution in [2.24, 2.45) is 11.6 Å². The molecule has 0 atom stereocenters. The molecule has 0 aliphatic heterocycles. The molecule has 47 heavy (non-hydrogen) atoms. The Kier molecular flexibility index (Phi) is 28.0. The summed E-state index contributed by atoms with van der Waals surface area (Å²) in [7, 11) is 3.37. The summed E-state index contributed by atoms with van der Waals surface area (Å²) in [6.07, 6.45) is 2.48. The Labute approximate surface area is 280 Å². The summed E-state index contributed by atoms with van der Waals surface area (Å²) in [5, 5.41) is 7.17. The monoisotopic (exact) mass is 673 g/mol. The maximum Gasteiger partial charge on any atom is 0.238 e. The lowest BCUT2D eigenvalue weighted by Crippen LogP contribution is -2.31. The zero-order valence-corrected chi connectivity index (χ0v) is 28.6. The standard InChI is InChI=1S/C32H59N5O10/c1-4-28-5-6-31(36-32(38)24-35-2)23-29(28)26-47-27-30(33)25-37(34)7-8-40-11-12-42-15-16-44-19-20-46-22-21-45-18-17-43-14-13-41-10-9-39-3/h5-6,23,25,35H,4,7-22,24,26-27,33-34H2,1-3H3,(H,36,38)/b30-25-. The average molecular weight is 674 g/mol. The molecule has 1 rings (SSSR count). The number of amides is 1. The van der Waals surface area contributed by atoms with Crippen molar-refractivity contribution in [2.75, 3.05) is 138 Å². The van der Waals surface area contributed by atoms with Gasteiger partial charge in [0, 0.05) is 19.0 Å².